The van der Waals surface area contributed by atoms with Crippen LogP contribution in [0.3, 0.4) is 0 Å². The van der Waals surface area contributed by atoms with Crippen LogP contribution < -0.4 is 5.56 Å². The first-order valence-corrected chi connectivity index (χ1v) is 12.7. The Balaban J connectivity index is 1.62. The molecule has 4 heterocycles. The number of aliphatic hydroxyl groups excluding tert-OH is 2. The highest BCUT2D eigenvalue weighted by Gasteiger charge is 2.59. The molecule has 2 aliphatic heterocycles. The summed E-state index contributed by atoms with van der Waals surface area (Å²) in [7, 11) is -4.13. The number of fused-ring (bicyclic) bond motifs is 1. The van der Waals surface area contributed by atoms with Crippen LogP contribution >= 0.6 is 7.60 Å². The molecule has 4 N–H and O–H groups in total. The number of nitrogens with one attached hydrogen (secondary N) is 1. The molecule has 0 aliphatic carbocycles. The van der Waals surface area contributed by atoms with Crippen molar-refractivity contribution in [3.05, 3.63) is 39.1 Å². The van der Waals surface area contributed by atoms with Crippen LogP contribution in [-0.2, 0) is 18.6 Å². The van der Waals surface area contributed by atoms with Gasteiger partial charge >= 0.3 is 7.60 Å². The molecule has 0 bridgehead atoms. The van der Waals surface area contributed by atoms with Gasteiger partial charge in [-0.25, -0.2) is 4.98 Å². The molecule has 12 heteroatoms. The van der Waals surface area contributed by atoms with E-state index < -0.39 is 54.5 Å². The predicted octanol–water partition coefficient (Wildman–Crippen LogP) is 2.35. The molecule has 0 radical (unpaired) electrons. The number of aryl methyl sites for hydroxylation is 1. The third-order valence-electron chi connectivity index (χ3n) is 7.09. The smallest absolute Gasteiger partial charge is 0.362 e. The van der Waals surface area contributed by atoms with E-state index in [-0.39, 0.29) is 24.2 Å². The summed E-state index contributed by atoms with van der Waals surface area (Å²) < 4.78 is 43.3. The summed E-state index contributed by atoms with van der Waals surface area (Å²) in [6.45, 7) is 8.23. The number of aliphatic hydroxyl groups is 2. The number of pyridine rings is 2. The quantitative estimate of drug-likeness (QED) is 0.255. The minimum Gasteiger partial charge on any atom is -0.388 e. The average Bonchev–Trinajstić information content (AvgIpc) is 3.47. The summed E-state index contributed by atoms with van der Waals surface area (Å²) in [5.41, 5.74) is -0.777. The molecule has 2 aromatic heterocycles. The molecule has 0 amide bonds. The lowest BCUT2D eigenvalue weighted by molar-refractivity contribution is -0.0483. The first kappa shape index (κ1) is 25.4. The number of rotatable bonds is 7. The summed E-state index contributed by atoms with van der Waals surface area (Å²) >= 11 is 0. The van der Waals surface area contributed by atoms with Gasteiger partial charge < -0.3 is 34.1 Å². The van der Waals surface area contributed by atoms with Crippen molar-refractivity contribution in [3.8, 4) is 0 Å². The fourth-order valence-electron chi connectivity index (χ4n) is 4.17. The molecule has 2 fully saturated rings. The number of aromatic amines is 1. The maximum atomic E-state index is 14.0. The maximum Gasteiger partial charge on any atom is 0.362 e. The van der Waals surface area contributed by atoms with E-state index in [1.54, 1.807) is 27.7 Å². The predicted molar refractivity (Wildman–Crippen MR) is 120 cm³/mol. The third-order valence-corrected chi connectivity index (χ3v) is 9.23. The molecule has 2 aromatic rings. The summed E-state index contributed by atoms with van der Waals surface area (Å²) in [6, 6.07) is 1.48. The Kier molecular flexibility index (Phi) is 6.30. The topological polar surface area (TPSA) is 154 Å². The number of hydrogen-bond acceptors (Lipinski definition) is 8. The van der Waals surface area contributed by atoms with Gasteiger partial charge in [0.25, 0.3) is 5.56 Å². The SMILES string of the molecule is CCC(C)(CC1OC(c2cc3c(C)c(C)c(F)nc3[nH]c2=O)C(O)C1O)OP(=O)(O)C1(C)CO1. The maximum absolute atomic E-state index is 14.0. The van der Waals surface area contributed by atoms with Crippen molar-refractivity contribution in [3.63, 3.8) is 0 Å². The molecule has 34 heavy (non-hydrogen) atoms. The average molecular weight is 500 g/mol. The molecule has 10 nitrogen and oxygen atoms in total. The van der Waals surface area contributed by atoms with Gasteiger partial charge in [-0.05, 0) is 45.7 Å². The zero-order valence-corrected chi connectivity index (χ0v) is 20.6. The number of ether oxygens (including phenoxy) is 2. The Bertz CT molecular complexity index is 1230. The molecule has 0 saturated carbocycles. The number of aromatic nitrogens is 2. The van der Waals surface area contributed by atoms with Gasteiger partial charge in [0.1, 0.15) is 24.0 Å². The van der Waals surface area contributed by atoms with E-state index in [1.807, 2.05) is 0 Å². The van der Waals surface area contributed by atoms with Gasteiger partial charge in [0.2, 0.25) is 5.95 Å². The van der Waals surface area contributed by atoms with Crippen LogP contribution in [0.5, 0.6) is 0 Å². The fraction of sp³-hybridized carbons (Fsp3) is 0.636. The Morgan fingerprint density at radius 2 is 2.00 bits per heavy atom. The number of epoxide rings is 1. The van der Waals surface area contributed by atoms with Crippen molar-refractivity contribution in [1.29, 1.82) is 0 Å². The van der Waals surface area contributed by atoms with Crippen LogP contribution in [0.4, 0.5) is 4.39 Å². The van der Waals surface area contributed by atoms with E-state index in [2.05, 4.69) is 9.97 Å². The molecule has 0 aromatic carbocycles. The molecule has 7 atom stereocenters. The molecule has 4 rings (SSSR count). The van der Waals surface area contributed by atoms with Crippen LogP contribution in [-0.4, -0.2) is 60.9 Å². The Morgan fingerprint density at radius 1 is 1.35 bits per heavy atom. The van der Waals surface area contributed by atoms with Gasteiger partial charge in [-0.3, -0.25) is 9.36 Å². The molecule has 188 valence electrons. The summed E-state index contributed by atoms with van der Waals surface area (Å²) in [5.74, 6) is -0.688. The molecular formula is C22H30FN2O8P. The van der Waals surface area contributed by atoms with Crippen LogP contribution in [0.25, 0.3) is 11.0 Å². The number of H-pyrrole nitrogens is 1. The second kappa shape index (κ2) is 8.44. The molecular weight excluding hydrogens is 470 g/mol. The monoisotopic (exact) mass is 500 g/mol. The number of halogens is 1. The minimum atomic E-state index is -4.13. The van der Waals surface area contributed by atoms with E-state index in [0.717, 1.165) is 0 Å². The summed E-state index contributed by atoms with van der Waals surface area (Å²) in [5, 5.41) is 20.6. The van der Waals surface area contributed by atoms with E-state index >= 15 is 0 Å². The summed E-state index contributed by atoms with van der Waals surface area (Å²) in [6.07, 6.45) is -4.69. The second-order valence-corrected chi connectivity index (χ2v) is 11.8. The van der Waals surface area contributed by atoms with Crippen molar-refractivity contribution >= 4 is 18.6 Å². The summed E-state index contributed by atoms with van der Waals surface area (Å²) in [4.78, 5) is 29.4. The van der Waals surface area contributed by atoms with Crippen molar-refractivity contribution < 1.29 is 38.1 Å². The van der Waals surface area contributed by atoms with Gasteiger partial charge in [0, 0.05) is 22.9 Å². The second-order valence-electron chi connectivity index (χ2n) is 9.63. The van der Waals surface area contributed by atoms with E-state index in [1.165, 1.54) is 13.0 Å². The standard InChI is InChI=1S/C22H30FN2O8P/c1-6-21(4,33-34(29,30)22(5)9-31-22)8-14-15(26)16(27)17(32-14)13-7-12-10(2)11(3)18(23)24-19(12)25-20(13)28/h7,14-17,26-27H,6,8-9H2,1-5H3,(H,29,30)(H,24,25,28). The Morgan fingerprint density at radius 3 is 2.59 bits per heavy atom. The van der Waals surface area contributed by atoms with E-state index in [0.29, 0.717) is 22.9 Å². The zero-order chi connectivity index (χ0) is 25.2. The lowest BCUT2D eigenvalue weighted by Gasteiger charge is -2.34. The number of nitrogens with zero attached hydrogens (tertiary/aromatic N) is 1. The molecule has 2 saturated heterocycles. The largest absolute Gasteiger partial charge is 0.388 e. The first-order valence-electron chi connectivity index (χ1n) is 11.1. The zero-order valence-electron chi connectivity index (χ0n) is 19.7. The van der Waals surface area contributed by atoms with Crippen LogP contribution in [0, 0.1) is 19.8 Å². The van der Waals surface area contributed by atoms with Crippen molar-refractivity contribution in [1.82, 2.24) is 9.97 Å². The first-order chi connectivity index (χ1) is 15.7. The Labute approximate surface area is 195 Å². The third kappa shape index (κ3) is 4.24. The van der Waals surface area contributed by atoms with Gasteiger partial charge in [-0.1, -0.05) is 6.92 Å². The lowest BCUT2D eigenvalue weighted by atomic mass is 9.92. The van der Waals surface area contributed by atoms with Gasteiger partial charge in [-0.2, -0.15) is 4.39 Å². The highest BCUT2D eigenvalue weighted by molar-refractivity contribution is 7.54. The van der Waals surface area contributed by atoms with Gasteiger partial charge in [0.15, 0.2) is 5.34 Å². The minimum absolute atomic E-state index is 0.0186. The van der Waals surface area contributed by atoms with Crippen LogP contribution in [0.2, 0.25) is 0 Å². The van der Waals surface area contributed by atoms with Crippen LogP contribution in [0.15, 0.2) is 10.9 Å². The number of hydrogen-bond donors (Lipinski definition) is 4. The normalized spacial score (nSPS) is 32.5. The van der Waals surface area contributed by atoms with Crippen molar-refractivity contribution in [2.45, 2.75) is 82.8 Å². The van der Waals surface area contributed by atoms with Gasteiger partial charge in [0.05, 0.1) is 18.3 Å². The van der Waals surface area contributed by atoms with Crippen molar-refractivity contribution in [2.75, 3.05) is 6.61 Å². The fourth-order valence-corrected chi connectivity index (χ4v) is 5.55. The molecule has 7 unspecified atom stereocenters. The Hall–Kier alpha value is -1.72. The van der Waals surface area contributed by atoms with Crippen molar-refractivity contribution in [2.24, 2.45) is 0 Å². The van der Waals surface area contributed by atoms with Crippen LogP contribution in [0.1, 0.15) is 56.4 Å². The van der Waals surface area contributed by atoms with Gasteiger partial charge in [-0.15, -0.1) is 0 Å². The molecule has 0 spiro atoms. The van der Waals surface area contributed by atoms with E-state index in [4.69, 9.17) is 14.0 Å². The lowest BCUT2D eigenvalue weighted by Crippen LogP contribution is -2.39. The highest BCUT2D eigenvalue weighted by Crippen LogP contribution is 2.65. The van der Waals surface area contributed by atoms with E-state index in [9.17, 15) is 28.9 Å². The highest BCUT2D eigenvalue weighted by atomic mass is 31.2. The molecule has 2 aliphatic rings.